The minimum atomic E-state index is 0.799. The van der Waals surface area contributed by atoms with Crippen molar-refractivity contribution in [1.29, 1.82) is 0 Å². The largest absolute Gasteiger partial charge is 0.379 e. The summed E-state index contributed by atoms with van der Waals surface area (Å²) in [4.78, 5) is 1.29. The lowest BCUT2D eigenvalue weighted by molar-refractivity contribution is 1.13. The second-order valence-corrected chi connectivity index (χ2v) is 7.45. The van der Waals surface area contributed by atoms with Crippen LogP contribution in [0.15, 0.2) is 54.7 Å². The average Bonchev–Trinajstić information content (AvgIpc) is 2.38. The predicted molar refractivity (Wildman–Crippen MR) is 95.1 cm³/mol. The summed E-state index contributed by atoms with van der Waals surface area (Å²) in [7, 11) is 0. The van der Waals surface area contributed by atoms with Crippen LogP contribution in [-0.2, 0) is 6.54 Å². The van der Waals surface area contributed by atoms with Crippen molar-refractivity contribution in [2.24, 2.45) is 0 Å². The smallest absolute Gasteiger partial charge is 0.0632 e. The van der Waals surface area contributed by atoms with Crippen LogP contribution in [0, 0.1) is 0 Å². The van der Waals surface area contributed by atoms with Crippen LogP contribution in [0.2, 0.25) is 0 Å². The van der Waals surface area contributed by atoms with Crippen LogP contribution in [0.3, 0.4) is 0 Å². The highest BCUT2D eigenvalue weighted by Gasteiger charge is 2.06. The maximum absolute atomic E-state index is 3.57. The van der Waals surface area contributed by atoms with Crippen LogP contribution in [0.1, 0.15) is 5.56 Å². The normalized spacial score (nSPS) is 10.5. The first-order valence-corrected chi connectivity index (χ1v) is 9.22. The van der Waals surface area contributed by atoms with Crippen LogP contribution in [0.4, 0.5) is 5.69 Å². The van der Waals surface area contributed by atoms with Gasteiger partial charge in [-0.2, -0.15) is 0 Å². The van der Waals surface area contributed by atoms with E-state index < -0.39 is 0 Å². The number of halogens is 3. The minimum Gasteiger partial charge on any atom is -0.379 e. The first-order chi connectivity index (χ1) is 9.10. The van der Waals surface area contributed by atoms with E-state index in [1.54, 1.807) is 11.8 Å². The summed E-state index contributed by atoms with van der Waals surface area (Å²) in [6, 6.07) is 12.7. The molecule has 0 radical (unpaired) electrons. The van der Waals surface area contributed by atoms with E-state index in [9.17, 15) is 0 Å². The van der Waals surface area contributed by atoms with Crippen LogP contribution in [0.25, 0.3) is 0 Å². The Balaban J connectivity index is 2.10. The Morgan fingerprint density at radius 2 is 1.58 bits per heavy atom. The fourth-order valence-electron chi connectivity index (χ4n) is 1.64. The molecule has 0 aromatic heterocycles. The molecule has 0 aliphatic heterocycles. The molecule has 0 amide bonds. The van der Waals surface area contributed by atoms with Gasteiger partial charge in [0.15, 0.2) is 0 Å². The Kier molecular flexibility index (Phi) is 5.81. The van der Waals surface area contributed by atoms with E-state index in [0.717, 1.165) is 25.7 Å². The van der Waals surface area contributed by atoms with Crippen molar-refractivity contribution in [2.75, 3.05) is 11.6 Å². The number of hydrogen-bond acceptors (Lipinski definition) is 2. The Morgan fingerprint density at radius 1 is 1.00 bits per heavy atom. The van der Waals surface area contributed by atoms with Gasteiger partial charge in [0.25, 0.3) is 0 Å². The van der Waals surface area contributed by atoms with Gasteiger partial charge in [0.2, 0.25) is 0 Å². The standard InChI is InChI=1S/C14H12Br3NS/c1-19-11-4-2-9(3-5-11)8-18-14-12(16)6-10(15)7-13(14)17/h2-7,18H,8H2,1H3. The van der Waals surface area contributed by atoms with Crippen LogP contribution < -0.4 is 5.32 Å². The summed E-state index contributed by atoms with van der Waals surface area (Å²) < 4.78 is 3.12. The molecule has 0 saturated heterocycles. The molecule has 0 atom stereocenters. The van der Waals surface area contributed by atoms with Gasteiger partial charge in [0, 0.05) is 24.9 Å². The van der Waals surface area contributed by atoms with E-state index in [1.807, 2.05) is 12.1 Å². The molecule has 0 aliphatic rings. The number of thioether (sulfide) groups is 1. The lowest BCUT2D eigenvalue weighted by atomic mass is 10.2. The van der Waals surface area contributed by atoms with E-state index in [4.69, 9.17) is 0 Å². The lowest BCUT2D eigenvalue weighted by Gasteiger charge is -2.11. The van der Waals surface area contributed by atoms with Crippen molar-refractivity contribution in [3.05, 3.63) is 55.4 Å². The second kappa shape index (κ2) is 7.16. The van der Waals surface area contributed by atoms with Gasteiger partial charge >= 0.3 is 0 Å². The number of hydrogen-bond donors (Lipinski definition) is 1. The summed E-state index contributed by atoms with van der Waals surface area (Å²) in [5.41, 5.74) is 2.33. The molecule has 100 valence electrons. The SMILES string of the molecule is CSc1ccc(CNc2c(Br)cc(Br)cc2Br)cc1. The summed E-state index contributed by atoms with van der Waals surface area (Å²) >= 11 is 12.4. The Labute approximate surface area is 142 Å². The van der Waals surface area contributed by atoms with Crippen molar-refractivity contribution < 1.29 is 0 Å². The van der Waals surface area contributed by atoms with Gasteiger partial charge in [-0.05, 0) is 67.9 Å². The highest BCUT2D eigenvalue weighted by molar-refractivity contribution is 9.11. The zero-order valence-electron chi connectivity index (χ0n) is 10.2. The zero-order chi connectivity index (χ0) is 13.8. The number of rotatable bonds is 4. The van der Waals surface area contributed by atoms with E-state index >= 15 is 0 Å². The third-order valence-corrected chi connectivity index (χ3v) is 5.09. The van der Waals surface area contributed by atoms with Crippen molar-refractivity contribution in [3.8, 4) is 0 Å². The molecule has 0 bridgehead atoms. The third-order valence-electron chi connectivity index (χ3n) is 2.64. The van der Waals surface area contributed by atoms with Crippen molar-refractivity contribution in [3.63, 3.8) is 0 Å². The quantitative estimate of drug-likeness (QED) is 0.531. The molecular formula is C14H12Br3NS. The summed E-state index contributed by atoms with van der Waals surface area (Å²) in [5, 5.41) is 3.44. The summed E-state index contributed by atoms with van der Waals surface area (Å²) in [5.74, 6) is 0. The van der Waals surface area contributed by atoms with E-state index in [2.05, 4.69) is 83.6 Å². The lowest BCUT2D eigenvalue weighted by Crippen LogP contribution is -2.00. The Bertz CT molecular complexity index is 546. The maximum Gasteiger partial charge on any atom is 0.0632 e. The molecule has 19 heavy (non-hydrogen) atoms. The van der Waals surface area contributed by atoms with Crippen LogP contribution in [-0.4, -0.2) is 6.26 Å². The highest BCUT2D eigenvalue weighted by Crippen LogP contribution is 2.34. The molecule has 5 heteroatoms. The predicted octanol–water partition coefficient (Wildman–Crippen LogP) is 6.31. The van der Waals surface area contributed by atoms with Crippen molar-refractivity contribution in [2.45, 2.75) is 11.4 Å². The average molecular weight is 466 g/mol. The monoisotopic (exact) mass is 463 g/mol. The molecule has 0 aliphatic carbocycles. The first kappa shape index (κ1) is 15.4. The summed E-state index contributed by atoms with van der Waals surface area (Å²) in [6.45, 7) is 0.799. The molecule has 0 spiro atoms. The molecule has 2 aromatic carbocycles. The van der Waals surface area contributed by atoms with E-state index in [0.29, 0.717) is 0 Å². The molecule has 1 nitrogen and oxygen atoms in total. The minimum absolute atomic E-state index is 0.799. The number of anilines is 1. The van der Waals surface area contributed by atoms with Crippen LogP contribution >= 0.6 is 59.6 Å². The highest BCUT2D eigenvalue weighted by atomic mass is 79.9. The maximum atomic E-state index is 3.57. The van der Waals surface area contributed by atoms with Crippen LogP contribution in [0.5, 0.6) is 0 Å². The van der Waals surface area contributed by atoms with Gasteiger partial charge < -0.3 is 5.32 Å². The van der Waals surface area contributed by atoms with Gasteiger partial charge in [-0.1, -0.05) is 28.1 Å². The number of nitrogens with one attached hydrogen (secondary N) is 1. The first-order valence-electron chi connectivity index (χ1n) is 5.61. The molecule has 0 saturated carbocycles. The van der Waals surface area contributed by atoms with Crippen molar-refractivity contribution >= 4 is 65.2 Å². The third kappa shape index (κ3) is 4.25. The summed E-state index contributed by atoms with van der Waals surface area (Å²) in [6.07, 6.45) is 2.09. The molecule has 0 fully saturated rings. The Hall–Kier alpha value is 0.0300. The fourth-order valence-corrected chi connectivity index (χ4v) is 4.59. The second-order valence-electron chi connectivity index (χ2n) is 3.95. The van der Waals surface area contributed by atoms with Gasteiger partial charge in [-0.15, -0.1) is 11.8 Å². The van der Waals surface area contributed by atoms with Gasteiger partial charge in [0.1, 0.15) is 0 Å². The number of benzene rings is 2. The van der Waals surface area contributed by atoms with E-state index in [-0.39, 0.29) is 0 Å². The fraction of sp³-hybridized carbons (Fsp3) is 0.143. The topological polar surface area (TPSA) is 12.0 Å². The van der Waals surface area contributed by atoms with Gasteiger partial charge in [-0.3, -0.25) is 0 Å². The molecule has 0 unspecified atom stereocenters. The molecule has 0 heterocycles. The zero-order valence-corrected chi connectivity index (χ0v) is 15.8. The Morgan fingerprint density at radius 3 is 2.11 bits per heavy atom. The van der Waals surface area contributed by atoms with Crippen molar-refractivity contribution in [1.82, 2.24) is 0 Å². The van der Waals surface area contributed by atoms with E-state index in [1.165, 1.54) is 10.5 Å². The molecule has 2 rings (SSSR count). The molecule has 1 N–H and O–H groups in total. The van der Waals surface area contributed by atoms with Gasteiger partial charge in [0.05, 0.1) is 5.69 Å². The van der Waals surface area contributed by atoms with Gasteiger partial charge in [-0.25, -0.2) is 0 Å². The molecular weight excluding hydrogens is 454 g/mol. The molecule has 2 aromatic rings.